The molecular formula is C22H25N3O5. The van der Waals surface area contributed by atoms with Crippen LogP contribution in [0.1, 0.15) is 40.1 Å². The Hall–Kier alpha value is -3.42. The van der Waals surface area contributed by atoms with Gasteiger partial charge in [0, 0.05) is 37.8 Å². The highest BCUT2D eigenvalue weighted by molar-refractivity contribution is 5.94. The average Bonchev–Trinajstić information content (AvgIpc) is 2.78. The molecule has 30 heavy (non-hydrogen) atoms. The normalized spacial score (nSPS) is 13.8. The molecule has 158 valence electrons. The van der Waals surface area contributed by atoms with Crippen molar-refractivity contribution in [3.63, 3.8) is 0 Å². The maximum absolute atomic E-state index is 12.7. The van der Waals surface area contributed by atoms with Crippen LogP contribution >= 0.6 is 0 Å². The predicted molar refractivity (Wildman–Crippen MR) is 113 cm³/mol. The number of nitro benzene ring substituents is 1. The van der Waals surface area contributed by atoms with Crippen molar-refractivity contribution < 1.29 is 19.2 Å². The van der Waals surface area contributed by atoms with E-state index in [1.54, 1.807) is 17.9 Å². The maximum atomic E-state index is 12.7. The lowest BCUT2D eigenvalue weighted by Crippen LogP contribution is -2.49. The number of nitro groups is 1. The van der Waals surface area contributed by atoms with E-state index in [1.807, 2.05) is 29.2 Å². The SMILES string of the molecule is CCOC(=O)c1ccc(N2CCN(C(=O)c3ccc(CC)cc3)CC2)c([N+](=O)[O-])c1. The number of rotatable bonds is 6. The summed E-state index contributed by atoms with van der Waals surface area (Å²) < 4.78 is 4.93. The van der Waals surface area contributed by atoms with Gasteiger partial charge in [0.15, 0.2) is 0 Å². The Bertz CT molecular complexity index is 934. The van der Waals surface area contributed by atoms with Gasteiger partial charge in [0.2, 0.25) is 0 Å². The molecule has 2 aromatic rings. The van der Waals surface area contributed by atoms with Gasteiger partial charge in [-0.3, -0.25) is 14.9 Å². The second kappa shape index (κ2) is 9.39. The summed E-state index contributed by atoms with van der Waals surface area (Å²) in [7, 11) is 0. The van der Waals surface area contributed by atoms with Gasteiger partial charge >= 0.3 is 5.97 Å². The van der Waals surface area contributed by atoms with Crippen molar-refractivity contribution in [3.05, 3.63) is 69.3 Å². The number of carbonyl (C=O) groups is 2. The van der Waals surface area contributed by atoms with Crippen molar-refractivity contribution in [2.24, 2.45) is 0 Å². The molecule has 1 heterocycles. The second-order valence-corrected chi connectivity index (χ2v) is 7.01. The fourth-order valence-corrected chi connectivity index (χ4v) is 3.49. The van der Waals surface area contributed by atoms with Crippen LogP contribution in [0.4, 0.5) is 11.4 Å². The van der Waals surface area contributed by atoms with Gasteiger partial charge in [0.05, 0.1) is 17.1 Å². The van der Waals surface area contributed by atoms with Crippen molar-refractivity contribution in [2.45, 2.75) is 20.3 Å². The van der Waals surface area contributed by atoms with E-state index in [4.69, 9.17) is 4.74 Å². The molecule has 1 aliphatic rings. The molecule has 1 amide bonds. The molecule has 8 heteroatoms. The molecule has 0 saturated carbocycles. The van der Waals surface area contributed by atoms with Gasteiger partial charge in [-0.1, -0.05) is 19.1 Å². The lowest BCUT2D eigenvalue weighted by molar-refractivity contribution is -0.384. The topological polar surface area (TPSA) is 93.0 Å². The molecule has 1 aliphatic heterocycles. The molecular weight excluding hydrogens is 386 g/mol. The highest BCUT2D eigenvalue weighted by Crippen LogP contribution is 2.30. The van der Waals surface area contributed by atoms with Gasteiger partial charge in [-0.05, 0) is 43.2 Å². The summed E-state index contributed by atoms with van der Waals surface area (Å²) in [6, 6.07) is 12.0. The van der Waals surface area contributed by atoms with E-state index in [2.05, 4.69) is 6.92 Å². The van der Waals surface area contributed by atoms with Gasteiger partial charge in [0.1, 0.15) is 5.69 Å². The van der Waals surface area contributed by atoms with E-state index in [9.17, 15) is 19.7 Å². The first-order valence-electron chi connectivity index (χ1n) is 10.0. The molecule has 0 radical (unpaired) electrons. The number of amides is 1. The number of hydrogen-bond donors (Lipinski definition) is 0. The third-order valence-corrected chi connectivity index (χ3v) is 5.20. The number of hydrogen-bond acceptors (Lipinski definition) is 6. The molecule has 0 atom stereocenters. The van der Waals surface area contributed by atoms with Crippen LogP contribution < -0.4 is 4.90 Å². The summed E-state index contributed by atoms with van der Waals surface area (Å²) in [5.41, 5.74) is 2.26. The van der Waals surface area contributed by atoms with Gasteiger partial charge in [0.25, 0.3) is 11.6 Å². The Kier molecular flexibility index (Phi) is 6.66. The van der Waals surface area contributed by atoms with Crippen LogP contribution in [0.5, 0.6) is 0 Å². The first-order valence-corrected chi connectivity index (χ1v) is 10.0. The highest BCUT2D eigenvalue weighted by atomic mass is 16.6. The predicted octanol–water partition coefficient (Wildman–Crippen LogP) is 3.30. The Morgan fingerprint density at radius 3 is 2.20 bits per heavy atom. The smallest absolute Gasteiger partial charge is 0.338 e. The zero-order chi connectivity index (χ0) is 21.7. The monoisotopic (exact) mass is 411 g/mol. The lowest BCUT2D eigenvalue weighted by Gasteiger charge is -2.36. The third kappa shape index (κ3) is 4.59. The number of ether oxygens (including phenoxy) is 1. The number of carbonyl (C=O) groups excluding carboxylic acids is 2. The Morgan fingerprint density at radius 1 is 1.00 bits per heavy atom. The number of piperazine rings is 1. The van der Waals surface area contributed by atoms with E-state index >= 15 is 0 Å². The van der Waals surface area contributed by atoms with Crippen LogP contribution in [0.25, 0.3) is 0 Å². The number of nitrogens with zero attached hydrogens (tertiary/aromatic N) is 3. The maximum Gasteiger partial charge on any atom is 0.338 e. The van der Waals surface area contributed by atoms with E-state index < -0.39 is 10.9 Å². The summed E-state index contributed by atoms with van der Waals surface area (Å²) in [5.74, 6) is -0.624. The molecule has 0 bridgehead atoms. The summed E-state index contributed by atoms with van der Waals surface area (Å²) in [4.78, 5) is 39.4. The molecule has 0 spiro atoms. The summed E-state index contributed by atoms with van der Waals surface area (Å²) in [6.45, 7) is 5.81. The molecule has 1 fully saturated rings. The van der Waals surface area contributed by atoms with Crippen LogP contribution in [-0.2, 0) is 11.2 Å². The second-order valence-electron chi connectivity index (χ2n) is 7.01. The molecule has 8 nitrogen and oxygen atoms in total. The van der Waals surface area contributed by atoms with E-state index in [1.165, 1.54) is 17.7 Å². The summed E-state index contributed by atoms with van der Waals surface area (Å²) >= 11 is 0. The van der Waals surface area contributed by atoms with Crippen molar-refractivity contribution in [1.29, 1.82) is 0 Å². The van der Waals surface area contributed by atoms with Crippen molar-refractivity contribution in [3.8, 4) is 0 Å². The quantitative estimate of drug-likeness (QED) is 0.411. The largest absolute Gasteiger partial charge is 0.462 e. The van der Waals surface area contributed by atoms with Gasteiger partial charge in [-0.25, -0.2) is 4.79 Å². The Morgan fingerprint density at radius 2 is 1.63 bits per heavy atom. The van der Waals surface area contributed by atoms with Gasteiger partial charge in [-0.2, -0.15) is 0 Å². The average molecular weight is 411 g/mol. The third-order valence-electron chi connectivity index (χ3n) is 5.20. The standard InChI is InChI=1S/C22H25N3O5/c1-3-16-5-7-17(8-6-16)21(26)24-13-11-23(12-14-24)19-10-9-18(22(27)30-4-2)15-20(19)25(28)29/h5-10,15H,3-4,11-14H2,1-2H3. The molecule has 3 rings (SSSR count). The summed E-state index contributed by atoms with van der Waals surface area (Å²) in [5, 5.41) is 11.6. The Labute approximate surface area is 175 Å². The fraction of sp³-hybridized carbons (Fsp3) is 0.364. The molecule has 0 N–H and O–H groups in total. The number of anilines is 1. The molecule has 0 aliphatic carbocycles. The van der Waals surface area contributed by atoms with Crippen molar-refractivity contribution in [2.75, 3.05) is 37.7 Å². The van der Waals surface area contributed by atoms with Crippen LogP contribution in [0.15, 0.2) is 42.5 Å². The van der Waals surface area contributed by atoms with Crippen LogP contribution in [0.3, 0.4) is 0 Å². The van der Waals surface area contributed by atoms with E-state index in [0.717, 1.165) is 6.42 Å². The minimum absolute atomic E-state index is 0.0375. The minimum atomic E-state index is -0.586. The lowest BCUT2D eigenvalue weighted by atomic mass is 10.1. The zero-order valence-corrected chi connectivity index (χ0v) is 17.2. The molecule has 1 saturated heterocycles. The number of benzene rings is 2. The molecule has 0 aromatic heterocycles. The number of esters is 1. The molecule has 0 unspecified atom stereocenters. The molecule has 2 aromatic carbocycles. The summed E-state index contributed by atoms with van der Waals surface area (Å²) in [6.07, 6.45) is 0.918. The first kappa shape index (κ1) is 21.3. The van der Waals surface area contributed by atoms with Crippen LogP contribution in [-0.4, -0.2) is 54.5 Å². The first-order chi connectivity index (χ1) is 14.4. The van der Waals surface area contributed by atoms with Crippen LogP contribution in [0, 0.1) is 10.1 Å². The van der Waals surface area contributed by atoms with Gasteiger partial charge in [-0.15, -0.1) is 0 Å². The van der Waals surface area contributed by atoms with Gasteiger partial charge < -0.3 is 14.5 Å². The van der Waals surface area contributed by atoms with E-state index in [0.29, 0.717) is 37.4 Å². The highest BCUT2D eigenvalue weighted by Gasteiger charge is 2.27. The fourth-order valence-electron chi connectivity index (χ4n) is 3.49. The Balaban J connectivity index is 1.71. The van der Waals surface area contributed by atoms with Crippen molar-refractivity contribution in [1.82, 2.24) is 4.90 Å². The zero-order valence-electron chi connectivity index (χ0n) is 17.2. The van der Waals surface area contributed by atoms with Crippen molar-refractivity contribution >= 4 is 23.3 Å². The minimum Gasteiger partial charge on any atom is -0.462 e. The van der Waals surface area contributed by atoms with Crippen LogP contribution in [0.2, 0.25) is 0 Å². The number of aryl methyl sites for hydroxylation is 1. The van der Waals surface area contributed by atoms with E-state index in [-0.39, 0.29) is 23.8 Å².